The average molecular weight is 511 g/mol. The van der Waals surface area contributed by atoms with Crippen LogP contribution in [0.4, 0.5) is 5.69 Å². The van der Waals surface area contributed by atoms with Crippen molar-refractivity contribution in [2.45, 2.75) is 65.6 Å². The molecule has 0 aromatic heterocycles. The van der Waals surface area contributed by atoms with Crippen molar-refractivity contribution in [3.63, 3.8) is 0 Å². The summed E-state index contributed by atoms with van der Waals surface area (Å²) in [5, 5.41) is 10.7. The van der Waals surface area contributed by atoms with Gasteiger partial charge >= 0.3 is 5.97 Å². The summed E-state index contributed by atoms with van der Waals surface area (Å²) in [5.41, 5.74) is 1.30. The largest absolute Gasteiger partial charge is 0.461 e. The van der Waals surface area contributed by atoms with Crippen LogP contribution in [-0.2, 0) is 35.3 Å². The van der Waals surface area contributed by atoms with Gasteiger partial charge < -0.3 is 26.0 Å². The van der Waals surface area contributed by atoms with Crippen molar-refractivity contribution in [2.75, 3.05) is 17.7 Å². The highest BCUT2D eigenvalue weighted by atomic mass is 35.5. The van der Waals surface area contributed by atoms with Crippen LogP contribution in [0.3, 0.4) is 0 Å². The molecular weight excluding hydrogens is 476 g/mol. The fraction of sp³-hybridized carbons (Fsp3) is 0.542. The van der Waals surface area contributed by atoms with Gasteiger partial charge in [-0.3, -0.25) is 24.0 Å². The minimum atomic E-state index is -0.841. The van der Waals surface area contributed by atoms with Gasteiger partial charge in [-0.05, 0) is 43.4 Å². The third-order valence-corrected chi connectivity index (χ3v) is 5.20. The number of esters is 1. The van der Waals surface area contributed by atoms with E-state index in [1.54, 1.807) is 45.0 Å². The van der Waals surface area contributed by atoms with E-state index in [-0.39, 0.29) is 42.6 Å². The molecule has 35 heavy (non-hydrogen) atoms. The molecule has 0 aliphatic rings. The summed E-state index contributed by atoms with van der Waals surface area (Å²) in [6.07, 6.45) is 1.35. The number of carbonyl (C=O) groups excluding carboxylic acids is 5. The van der Waals surface area contributed by atoms with Crippen molar-refractivity contribution in [3.05, 3.63) is 29.8 Å². The number of hydrogen-bond donors (Lipinski definition) is 4. The van der Waals surface area contributed by atoms with Crippen LogP contribution in [0.25, 0.3) is 0 Å². The van der Waals surface area contributed by atoms with Crippen LogP contribution in [-0.4, -0.2) is 54.1 Å². The maximum Gasteiger partial charge on any atom is 0.302 e. The van der Waals surface area contributed by atoms with E-state index in [2.05, 4.69) is 21.3 Å². The zero-order valence-corrected chi connectivity index (χ0v) is 21.4. The Morgan fingerprint density at radius 3 is 2.14 bits per heavy atom. The molecule has 10 nitrogen and oxygen atoms in total. The lowest BCUT2D eigenvalue weighted by molar-refractivity contribution is -0.142. The Morgan fingerprint density at radius 2 is 1.57 bits per heavy atom. The molecule has 0 radical (unpaired) electrons. The van der Waals surface area contributed by atoms with Gasteiger partial charge in [0.15, 0.2) is 0 Å². The van der Waals surface area contributed by atoms with E-state index >= 15 is 0 Å². The lowest BCUT2D eigenvalue weighted by Gasteiger charge is -2.24. The number of alkyl halides is 1. The molecule has 0 saturated heterocycles. The number of carbonyl (C=O) groups is 5. The molecule has 0 aliphatic carbocycles. The second-order valence-electron chi connectivity index (χ2n) is 8.43. The molecule has 1 rings (SSSR count). The van der Waals surface area contributed by atoms with Crippen molar-refractivity contribution in [2.24, 2.45) is 5.92 Å². The molecule has 11 heteroatoms. The number of hydrogen-bond acceptors (Lipinski definition) is 6. The predicted octanol–water partition coefficient (Wildman–Crippen LogP) is 1.86. The van der Waals surface area contributed by atoms with Gasteiger partial charge in [0.2, 0.25) is 23.6 Å². The summed E-state index contributed by atoms with van der Waals surface area (Å²) in [5.74, 6) is -2.10. The first-order valence-corrected chi connectivity index (χ1v) is 12.0. The Kier molecular flexibility index (Phi) is 13.4. The Morgan fingerprint density at radius 1 is 0.914 bits per heavy atom. The van der Waals surface area contributed by atoms with Crippen LogP contribution in [0.1, 0.15) is 52.5 Å². The van der Waals surface area contributed by atoms with E-state index in [1.807, 2.05) is 0 Å². The summed E-state index contributed by atoms with van der Waals surface area (Å²) in [4.78, 5) is 59.5. The maximum absolute atomic E-state index is 12.7. The van der Waals surface area contributed by atoms with Crippen LogP contribution < -0.4 is 21.3 Å². The monoisotopic (exact) mass is 510 g/mol. The topological polar surface area (TPSA) is 143 Å². The number of anilines is 1. The summed E-state index contributed by atoms with van der Waals surface area (Å²) in [6.45, 7) is 7.05. The minimum Gasteiger partial charge on any atom is -0.461 e. The second-order valence-corrected chi connectivity index (χ2v) is 8.69. The summed E-state index contributed by atoms with van der Waals surface area (Å²) in [7, 11) is 0. The first kappa shape index (κ1) is 29.9. The Balaban J connectivity index is 2.51. The normalized spacial score (nSPS) is 12.3. The number of amides is 4. The van der Waals surface area contributed by atoms with E-state index < -0.39 is 23.9 Å². The minimum absolute atomic E-state index is 0.105. The quantitative estimate of drug-likeness (QED) is 0.171. The van der Waals surface area contributed by atoms with Crippen LogP contribution in [0.2, 0.25) is 0 Å². The molecular formula is C24H35ClN4O6. The number of unbranched alkanes of at least 4 members (excludes halogenated alkanes) is 1. The predicted molar refractivity (Wildman–Crippen MR) is 132 cm³/mol. The zero-order chi connectivity index (χ0) is 26.4. The highest BCUT2D eigenvalue weighted by Gasteiger charge is 2.26. The highest BCUT2D eigenvalue weighted by Crippen LogP contribution is 2.11. The molecule has 1 aromatic carbocycles. The number of benzene rings is 1. The van der Waals surface area contributed by atoms with Crippen LogP contribution >= 0.6 is 11.6 Å². The lowest BCUT2D eigenvalue weighted by atomic mass is 10.0. The van der Waals surface area contributed by atoms with E-state index in [9.17, 15) is 24.0 Å². The summed E-state index contributed by atoms with van der Waals surface area (Å²) >= 11 is 5.40. The molecule has 0 aliphatic heterocycles. The van der Waals surface area contributed by atoms with Gasteiger partial charge in [0.25, 0.3) is 0 Å². The van der Waals surface area contributed by atoms with Gasteiger partial charge in [0, 0.05) is 25.6 Å². The first-order valence-electron chi connectivity index (χ1n) is 11.5. The highest BCUT2D eigenvalue weighted by molar-refractivity contribution is 6.27. The fourth-order valence-electron chi connectivity index (χ4n) is 2.95. The second kappa shape index (κ2) is 15.7. The zero-order valence-electron chi connectivity index (χ0n) is 20.6. The SMILES string of the molecule is CC(=O)OCc1ccc(NC(=O)[C@@H](C)NC(=O)[C@H](NC(=O)CCCCNC(=O)CCl)C(C)C)cc1. The number of ether oxygens (including phenoxy) is 1. The van der Waals surface area contributed by atoms with Crippen molar-refractivity contribution < 1.29 is 28.7 Å². The molecule has 0 bridgehead atoms. The van der Waals surface area contributed by atoms with E-state index in [1.165, 1.54) is 6.92 Å². The van der Waals surface area contributed by atoms with Crippen molar-refractivity contribution in [1.29, 1.82) is 0 Å². The molecule has 0 spiro atoms. The Labute approximate surface area is 210 Å². The molecule has 0 fully saturated rings. The van der Waals surface area contributed by atoms with E-state index in [0.29, 0.717) is 25.1 Å². The van der Waals surface area contributed by atoms with E-state index in [4.69, 9.17) is 16.3 Å². The molecule has 0 unspecified atom stereocenters. The van der Waals surface area contributed by atoms with E-state index in [0.717, 1.165) is 5.56 Å². The molecule has 0 saturated carbocycles. The number of halogens is 1. The molecule has 0 heterocycles. The number of rotatable bonds is 14. The van der Waals surface area contributed by atoms with Gasteiger partial charge in [0.05, 0.1) is 0 Å². The van der Waals surface area contributed by atoms with Gasteiger partial charge in [-0.15, -0.1) is 11.6 Å². The van der Waals surface area contributed by atoms with Crippen molar-refractivity contribution in [1.82, 2.24) is 16.0 Å². The molecule has 4 N–H and O–H groups in total. The third-order valence-electron chi connectivity index (χ3n) is 4.96. The smallest absolute Gasteiger partial charge is 0.302 e. The maximum atomic E-state index is 12.7. The third kappa shape index (κ3) is 12.2. The van der Waals surface area contributed by atoms with Gasteiger partial charge in [-0.25, -0.2) is 0 Å². The Hall–Kier alpha value is -3.14. The Bertz CT molecular complexity index is 875. The summed E-state index contributed by atoms with van der Waals surface area (Å²) in [6, 6.07) is 5.14. The number of nitrogens with one attached hydrogen (secondary N) is 4. The average Bonchev–Trinajstić information content (AvgIpc) is 2.81. The van der Waals surface area contributed by atoms with Crippen LogP contribution in [0.5, 0.6) is 0 Å². The fourth-order valence-corrected chi connectivity index (χ4v) is 3.05. The van der Waals surface area contributed by atoms with Crippen molar-refractivity contribution >= 4 is 46.9 Å². The van der Waals surface area contributed by atoms with Crippen molar-refractivity contribution in [3.8, 4) is 0 Å². The van der Waals surface area contributed by atoms with Gasteiger partial charge in [-0.1, -0.05) is 26.0 Å². The van der Waals surface area contributed by atoms with Gasteiger partial charge in [-0.2, -0.15) is 0 Å². The van der Waals surface area contributed by atoms with Crippen LogP contribution in [0.15, 0.2) is 24.3 Å². The lowest BCUT2D eigenvalue weighted by Crippen LogP contribution is -2.53. The molecule has 194 valence electrons. The molecule has 1 aromatic rings. The molecule has 2 atom stereocenters. The summed E-state index contributed by atoms with van der Waals surface area (Å²) < 4.78 is 4.92. The van der Waals surface area contributed by atoms with Gasteiger partial charge in [0.1, 0.15) is 24.6 Å². The standard InChI is InChI=1S/C24H35ClN4O6/c1-15(2)22(29-20(31)7-5-6-12-26-21(32)13-25)24(34)27-16(3)23(33)28-19-10-8-18(9-11-19)14-35-17(4)30/h8-11,15-16,22H,5-7,12-14H2,1-4H3,(H,26,32)(H,27,34)(H,28,33)(H,29,31)/t16-,22-/m1/s1. The molecule has 4 amide bonds. The van der Waals surface area contributed by atoms with Crippen LogP contribution in [0, 0.1) is 5.92 Å². The first-order chi connectivity index (χ1) is 16.5.